The van der Waals surface area contributed by atoms with Crippen LogP contribution in [0.4, 0.5) is 0 Å². The van der Waals surface area contributed by atoms with E-state index in [1.54, 1.807) is 0 Å². The van der Waals surface area contributed by atoms with E-state index in [1.165, 1.54) is 41.5 Å². The van der Waals surface area contributed by atoms with E-state index >= 15 is 0 Å². The Balaban J connectivity index is 1.62. The van der Waals surface area contributed by atoms with Crippen LogP contribution in [-0.4, -0.2) is 6.10 Å². The maximum absolute atomic E-state index is 6.94. The average Bonchev–Trinajstić information content (AvgIpc) is 2.78. The van der Waals surface area contributed by atoms with Gasteiger partial charge in [-0.25, -0.2) is 0 Å². The molecule has 0 radical (unpaired) electrons. The van der Waals surface area contributed by atoms with Gasteiger partial charge in [0.2, 0.25) is 0 Å². The summed E-state index contributed by atoms with van der Waals surface area (Å²) in [5, 5.41) is 0. The lowest BCUT2D eigenvalue weighted by molar-refractivity contribution is 0.0548. The fraction of sp³-hybridized carbons (Fsp3) is 0.500. The van der Waals surface area contributed by atoms with E-state index in [-0.39, 0.29) is 0 Å². The topological polar surface area (TPSA) is 9.23 Å². The molecule has 2 aromatic rings. The summed E-state index contributed by atoms with van der Waals surface area (Å²) in [5.74, 6) is 2.24. The largest absolute Gasteiger partial charge is 0.355 e. The molecule has 1 nitrogen and oxygen atoms in total. The van der Waals surface area contributed by atoms with Crippen molar-refractivity contribution >= 4 is 8.15 Å². The average molecular weight is 366 g/mol. The summed E-state index contributed by atoms with van der Waals surface area (Å²) in [4.78, 5) is 0. The van der Waals surface area contributed by atoms with Crippen LogP contribution in [0.25, 0.3) is 11.1 Å². The molecular weight excluding hydrogens is 335 g/mol. The van der Waals surface area contributed by atoms with Crippen LogP contribution in [0.5, 0.6) is 0 Å². The molecule has 1 saturated carbocycles. The Bertz CT molecular complexity index is 706. The molecule has 0 spiro atoms. The number of rotatable bonds is 3. The number of hydrogen-bond donors (Lipinski definition) is 0. The zero-order valence-electron chi connectivity index (χ0n) is 16.3. The Labute approximate surface area is 160 Å². The van der Waals surface area contributed by atoms with Crippen LogP contribution < -0.4 is 0 Å². The first kappa shape index (κ1) is 18.2. The molecular formula is C24H31OP. The molecule has 2 heteroatoms. The smallest absolute Gasteiger partial charge is 0.0651 e. The van der Waals surface area contributed by atoms with Gasteiger partial charge in [-0.1, -0.05) is 75.7 Å². The maximum atomic E-state index is 6.94. The van der Waals surface area contributed by atoms with Crippen molar-refractivity contribution in [1.29, 1.82) is 0 Å². The monoisotopic (exact) mass is 366 g/mol. The van der Waals surface area contributed by atoms with Gasteiger partial charge in [-0.05, 0) is 52.8 Å². The van der Waals surface area contributed by atoms with Gasteiger partial charge >= 0.3 is 0 Å². The molecule has 2 aromatic carbocycles. The molecule has 26 heavy (non-hydrogen) atoms. The fourth-order valence-electron chi connectivity index (χ4n) is 4.78. The normalized spacial score (nSPS) is 26.2. The van der Waals surface area contributed by atoms with Crippen molar-refractivity contribution in [3.63, 3.8) is 0 Å². The van der Waals surface area contributed by atoms with E-state index in [0.29, 0.717) is 12.0 Å². The lowest BCUT2D eigenvalue weighted by Crippen LogP contribution is -2.33. The van der Waals surface area contributed by atoms with Gasteiger partial charge in [-0.15, -0.1) is 0 Å². The molecule has 1 aliphatic heterocycles. The molecule has 4 rings (SSSR count). The summed E-state index contributed by atoms with van der Waals surface area (Å²) in [5.41, 5.74) is 5.75. The van der Waals surface area contributed by atoms with Gasteiger partial charge in [0.25, 0.3) is 0 Å². The van der Waals surface area contributed by atoms with E-state index in [1.807, 2.05) is 0 Å². The van der Waals surface area contributed by atoms with Crippen LogP contribution in [0.15, 0.2) is 48.5 Å². The predicted octanol–water partition coefficient (Wildman–Crippen LogP) is 7.24. The summed E-state index contributed by atoms with van der Waals surface area (Å²) in [7, 11) is -0.465. The maximum Gasteiger partial charge on any atom is 0.0651 e. The summed E-state index contributed by atoms with van der Waals surface area (Å²) < 4.78 is 6.94. The van der Waals surface area contributed by atoms with Crippen molar-refractivity contribution < 1.29 is 4.52 Å². The molecule has 3 atom stereocenters. The van der Waals surface area contributed by atoms with Crippen molar-refractivity contribution in [2.45, 2.75) is 58.5 Å². The molecule has 0 amide bonds. The minimum Gasteiger partial charge on any atom is -0.355 e. The van der Waals surface area contributed by atoms with Gasteiger partial charge in [0, 0.05) is 20.5 Å². The third kappa shape index (κ3) is 3.75. The molecule has 1 heterocycles. The number of fused-ring (bicyclic) bond motifs is 3. The van der Waals surface area contributed by atoms with E-state index < -0.39 is 8.15 Å². The highest BCUT2D eigenvalue weighted by Crippen LogP contribution is 2.53. The van der Waals surface area contributed by atoms with Gasteiger partial charge in [-0.3, -0.25) is 0 Å². The van der Waals surface area contributed by atoms with Crippen molar-refractivity contribution in [2.24, 2.45) is 17.8 Å². The lowest BCUT2D eigenvalue weighted by atomic mass is 9.75. The van der Waals surface area contributed by atoms with Crippen molar-refractivity contribution in [2.75, 3.05) is 0 Å². The summed E-state index contributed by atoms with van der Waals surface area (Å²) in [6, 6.07) is 17.9. The molecule has 0 bridgehead atoms. The molecule has 0 unspecified atom stereocenters. The summed E-state index contributed by atoms with van der Waals surface area (Å²) in [6.45, 7) is 7.15. The van der Waals surface area contributed by atoms with Gasteiger partial charge < -0.3 is 4.52 Å². The SMILES string of the molecule is CC(C)[C@@H]1CC[C@@H](C)C[C@H]1OP1Cc2ccccc2-c2ccccc2C1. The first-order chi connectivity index (χ1) is 12.6. The minimum atomic E-state index is -0.465. The van der Waals surface area contributed by atoms with Crippen LogP contribution in [-0.2, 0) is 16.8 Å². The zero-order valence-corrected chi connectivity index (χ0v) is 17.2. The second-order valence-electron chi connectivity index (χ2n) is 8.58. The van der Waals surface area contributed by atoms with Gasteiger partial charge in [0.1, 0.15) is 0 Å². The Morgan fingerprint density at radius 1 is 0.885 bits per heavy atom. The Morgan fingerprint density at radius 3 is 2.04 bits per heavy atom. The second kappa shape index (κ2) is 7.83. The summed E-state index contributed by atoms with van der Waals surface area (Å²) >= 11 is 0. The molecule has 138 valence electrons. The standard InChI is InChI=1S/C24H31OP/c1-17(2)21-13-12-18(3)14-24(21)25-26-15-19-8-4-6-10-22(19)23-11-7-5-9-20(23)16-26/h4-11,17-18,21,24H,12-16H2,1-3H3/t18-,21+,24-/m1/s1. The van der Waals surface area contributed by atoms with E-state index in [0.717, 1.165) is 24.2 Å². The lowest BCUT2D eigenvalue weighted by Gasteiger charge is -2.39. The van der Waals surface area contributed by atoms with E-state index in [2.05, 4.69) is 69.3 Å². The zero-order chi connectivity index (χ0) is 18.1. The third-order valence-electron chi connectivity index (χ3n) is 6.26. The van der Waals surface area contributed by atoms with Crippen LogP contribution >= 0.6 is 8.15 Å². The molecule has 0 aromatic heterocycles. The van der Waals surface area contributed by atoms with E-state index in [9.17, 15) is 0 Å². The molecule has 1 aliphatic carbocycles. The first-order valence-electron chi connectivity index (χ1n) is 10.2. The second-order valence-corrected chi connectivity index (χ2v) is 10.4. The number of benzene rings is 2. The van der Waals surface area contributed by atoms with Crippen molar-refractivity contribution in [1.82, 2.24) is 0 Å². The Morgan fingerprint density at radius 2 is 1.46 bits per heavy atom. The highest BCUT2D eigenvalue weighted by molar-refractivity contribution is 7.50. The van der Waals surface area contributed by atoms with Gasteiger partial charge in [0.05, 0.1) is 6.10 Å². The van der Waals surface area contributed by atoms with Crippen LogP contribution in [0.1, 0.15) is 51.2 Å². The van der Waals surface area contributed by atoms with Crippen molar-refractivity contribution in [3.05, 3.63) is 59.7 Å². The fourth-order valence-corrected chi connectivity index (χ4v) is 6.98. The molecule has 0 N–H and O–H groups in total. The Hall–Kier alpha value is -1.17. The quantitative estimate of drug-likeness (QED) is 0.520. The molecule has 1 fully saturated rings. The number of hydrogen-bond acceptors (Lipinski definition) is 1. The predicted molar refractivity (Wildman–Crippen MR) is 112 cm³/mol. The first-order valence-corrected chi connectivity index (χ1v) is 11.8. The van der Waals surface area contributed by atoms with Crippen LogP contribution in [0.2, 0.25) is 0 Å². The minimum absolute atomic E-state index is 0.447. The molecule has 0 saturated heterocycles. The van der Waals surface area contributed by atoms with Crippen LogP contribution in [0.3, 0.4) is 0 Å². The van der Waals surface area contributed by atoms with Gasteiger partial charge in [-0.2, -0.15) is 0 Å². The van der Waals surface area contributed by atoms with Crippen LogP contribution in [0, 0.1) is 17.8 Å². The van der Waals surface area contributed by atoms with E-state index in [4.69, 9.17) is 4.52 Å². The third-order valence-corrected chi connectivity index (χ3v) is 8.22. The summed E-state index contributed by atoms with van der Waals surface area (Å²) in [6.07, 6.45) is 6.57. The highest BCUT2D eigenvalue weighted by atomic mass is 31.1. The van der Waals surface area contributed by atoms with Crippen molar-refractivity contribution in [3.8, 4) is 11.1 Å². The Kier molecular flexibility index (Phi) is 5.48. The highest BCUT2D eigenvalue weighted by Gasteiger charge is 2.34. The molecule has 2 aliphatic rings. The van der Waals surface area contributed by atoms with Gasteiger partial charge in [0.15, 0.2) is 0 Å².